The maximum atomic E-state index is 3.89. The first kappa shape index (κ1) is 14.8. The Hall–Kier alpha value is -2.08. The first-order valence-corrected chi connectivity index (χ1v) is 8.24. The van der Waals surface area contributed by atoms with E-state index in [0.717, 1.165) is 19.3 Å². The predicted molar refractivity (Wildman–Crippen MR) is 95.9 cm³/mol. The molecule has 2 aromatic carbocycles. The van der Waals surface area contributed by atoms with Gasteiger partial charge in [0.1, 0.15) is 0 Å². The summed E-state index contributed by atoms with van der Waals surface area (Å²) in [6.45, 7) is 6.27. The fourth-order valence-corrected chi connectivity index (χ4v) is 3.60. The quantitative estimate of drug-likeness (QED) is 0.591. The van der Waals surface area contributed by atoms with Gasteiger partial charge in [-0.25, -0.2) is 0 Å². The van der Waals surface area contributed by atoms with Crippen molar-refractivity contribution >= 4 is 6.08 Å². The maximum Gasteiger partial charge on any atom is -0.00929 e. The second kappa shape index (κ2) is 6.79. The third kappa shape index (κ3) is 3.06. The summed E-state index contributed by atoms with van der Waals surface area (Å²) >= 11 is 0. The van der Waals surface area contributed by atoms with Crippen LogP contribution in [0.1, 0.15) is 42.4 Å². The van der Waals surface area contributed by atoms with Gasteiger partial charge in [-0.1, -0.05) is 79.2 Å². The number of hydrogen-bond donors (Lipinski definition) is 0. The maximum absolute atomic E-state index is 3.89. The predicted octanol–water partition coefficient (Wildman–Crippen LogP) is 6.01. The van der Waals surface area contributed by atoms with Crippen LogP contribution in [0.3, 0.4) is 0 Å². The van der Waals surface area contributed by atoms with Crippen molar-refractivity contribution in [3.05, 3.63) is 89.5 Å². The van der Waals surface area contributed by atoms with Crippen LogP contribution in [0, 0.1) is 5.92 Å². The number of fused-ring (bicyclic) bond motifs is 1. The van der Waals surface area contributed by atoms with Crippen LogP contribution in [0.5, 0.6) is 0 Å². The van der Waals surface area contributed by atoms with Crippen LogP contribution in [0.2, 0.25) is 0 Å². The van der Waals surface area contributed by atoms with E-state index < -0.39 is 0 Å². The van der Waals surface area contributed by atoms with Gasteiger partial charge in [0.2, 0.25) is 0 Å². The largest absolute Gasteiger partial charge is 0.103 e. The average molecular weight is 288 g/mol. The number of rotatable bonds is 5. The van der Waals surface area contributed by atoms with Crippen LogP contribution in [-0.4, -0.2) is 0 Å². The highest BCUT2D eigenvalue weighted by atomic mass is 14.3. The van der Waals surface area contributed by atoms with E-state index in [2.05, 4.69) is 74.2 Å². The van der Waals surface area contributed by atoms with E-state index >= 15 is 0 Å². The molecule has 0 fully saturated rings. The van der Waals surface area contributed by atoms with E-state index in [0.29, 0.717) is 11.8 Å². The molecule has 0 heterocycles. The number of allylic oxidation sites excluding steroid dienone is 2. The summed E-state index contributed by atoms with van der Waals surface area (Å²) in [4.78, 5) is 0. The highest BCUT2D eigenvalue weighted by Crippen LogP contribution is 2.41. The first-order chi connectivity index (χ1) is 10.8. The highest BCUT2D eigenvalue weighted by Gasteiger charge is 2.27. The molecule has 0 nitrogen and oxygen atoms in total. The van der Waals surface area contributed by atoms with E-state index in [1.807, 2.05) is 6.08 Å². The molecule has 0 aliphatic heterocycles. The number of hydrogen-bond acceptors (Lipinski definition) is 0. The van der Waals surface area contributed by atoms with Gasteiger partial charge in [-0.15, -0.1) is 6.58 Å². The smallest absolute Gasteiger partial charge is 0.00929 e. The Morgan fingerprint density at radius 3 is 2.50 bits per heavy atom. The summed E-state index contributed by atoms with van der Waals surface area (Å²) in [5, 5.41) is 0. The number of benzene rings is 2. The molecule has 22 heavy (non-hydrogen) atoms. The van der Waals surface area contributed by atoms with Crippen molar-refractivity contribution < 1.29 is 0 Å². The van der Waals surface area contributed by atoms with Crippen LogP contribution in [0.15, 0.2) is 72.8 Å². The van der Waals surface area contributed by atoms with Gasteiger partial charge in [0.25, 0.3) is 0 Å². The van der Waals surface area contributed by atoms with Gasteiger partial charge in [-0.3, -0.25) is 0 Å². The molecule has 2 atom stereocenters. The third-order valence-electron chi connectivity index (χ3n) is 4.84. The van der Waals surface area contributed by atoms with E-state index in [1.54, 1.807) is 5.57 Å². The highest BCUT2D eigenvalue weighted by molar-refractivity contribution is 5.62. The fourth-order valence-electron chi connectivity index (χ4n) is 3.60. The van der Waals surface area contributed by atoms with Crippen molar-refractivity contribution in [3.8, 4) is 0 Å². The van der Waals surface area contributed by atoms with E-state index in [4.69, 9.17) is 0 Å². The van der Waals surface area contributed by atoms with Crippen LogP contribution >= 0.6 is 0 Å². The lowest BCUT2D eigenvalue weighted by atomic mass is 9.72. The van der Waals surface area contributed by atoms with Gasteiger partial charge in [0, 0.05) is 0 Å². The molecule has 0 saturated carbocycles. The summed E-state index contributed by atoms with van der Waals surface area (Å²) in [6.07, 6.45) is 7.77. The minimum atomic E-state index is 0.571. The molecular weight excluding hydrogens is 264 g/mol. The van der Waals surface area contributed by atoms with Crippen LogP contribution in [-0.2, 0) is 6.42 Å². The second-order valence-electron chi connectivity index (χ2n) is 6.26. The Bertz CT molecular complexity index is 663. The molecule has 2 aromatic rings. The summed E-state index contributed by atoms with van der Waals surface area (Å²) in [7, 11) is 0. The summed E-state index contributed by atoms with van der Waals surface area (Å²) in [5.41, 5.74) is 5.90. The molecule has 3 rings (SSSR count). The molecule has 2 unspecified atom stereocenters. The molecule has 0 bridgehead atoms. The van der Waals surface area contributed by atoms with Gasteiger partial charge in [-0.05, 0) is 47.8 Å². The van der Waals surface area contributed by atoms with Crippen molar-refractivity contribution in [1.29, 1.82) is 0 Å². The molecule has 0 N–H and O–H groups in total. The molecular formula is C22H24. The molecule has 0 spiro atoms. The van der Waals surface area contributed by atoms with Crippen molar-refractivity contribution in [1.82, 2.24) is 0 Å². The summed E-state index contributed by atoms with van der Waals surface area (Å²) in [6, 6.07) is 19.7. The molecule has 112 valence electrons. The Morgan fingerprint density at radius 2 is 1.73 bits per heavy atom. The SMILES string of the molecule is C=CCCC1=Cc2ccccc2C(C)C1Cc1ccccc1. The summed E-state index contributed by atoms with van der Waals surface area (Å²) in [5.74, 6) is 1.17. The van der Waals surface area contributed by atoms with Gasteiger partial charge in [0.15, 0.2) is 0 Å². The zero-order valence-electron chi connectivity index (χ0n) is 13.3. The Labute approximate surface area is 134 Å². The van der Waals surface area contributed by atoms with E-state index in [1.165, 1.54) is 16.7 Å². The zero-order chi connectivity index (χ0) is 15.4. The molecule has 1 aliphatic rings. The average Bonchev–Trinajstić information content (AvgIpc) is 2.57. The van der Waals surface area contributed by atoms with Crippen molar-refractivity contribution in [2.45, 2.75) is 32.1 Å². The van der Waals surface area contributed by atoms with Gasteiger partial charge < -0.3 is 0 Å². The molecule has 0 aromatic heterocycles. The van der Waals surface area contributed by atoms with Crippen LogP contribution in [0.4, 0.5) is 0 Å². The Kier molecular flexibility index (Phi) is 4.58. The summed E-state index contributed by atoms with van der Waals surface area (Å²) < 4.78 is 0. The van der Waals surface area contributed by atoms with E-state index in [-0.39, 0.29) is 0 Å². The topological polar surface area (TPSA) is 0 Å². The van der Waals surface area contributed by atoms with E-state index in [9.17, 15) is 0 Å². The second-order valence-corrected chi connectivity index (χ2v) is 6.26. The molecule has 1 aliphatic carbocycles. The van der Waals surface area contributed by atoms with Gasteiger partial charge >= 0.3 is 0 Å². The fraction of sp³-hybridized carbons (Fsp3) is 0.273. The first-order valence-electron chi connectivity index (χ1n) is 8.24. The van der Waals surface area contributed by atoms with Crippen molar-refractivity contribution in [2.24, 2.45) is 5.92 Å². The van der Waals surface area contributed by atoms with Gasteiger partial charge in [0.05, 0.1) is 0 Å². The zero-order valence-corrected chi connectivity index (χ0v) is 13.3. The lowest BCUT2D eigenvalue weighted by molar-refractivity contribution is 0.491. The van der Waals surface area contributed by atoms with Gasteiger partial charge in [-0.2, -0.15) is 0 Å². The minimum Gasteiger partial charge on any atom is -0.103 e. The molecule has 0 amide bonds. The monoisotopic (exact) mass is 288 g/mol. The lowest BCUT2D eigenvalue weighted by Crippen LogP contribution is -2.20. The van der Waals surface area contributed by atoms with Crippen molar-refractivity contribution in [3.63, 3.8) is 0 Å². The molecule has 0 saturated heterocycles. The normalized spacial score (nSPS) is 20.1. The van der Waals surface area contributed by atoms with Crippen molar-refractivity contribution in [2.75, 3.05) is 0 Å². The third-order valence-corrected chi connectivity index (χ3v) is 4.84. The standard InChI is InChI=1S/C22H24/c1-3-4-12-20-16-19-13-8-9-14-21(19)17(2)22(20)15-18-10-6-5-7-11-18/h3,5-11,13-14,16-17,22H,1,4,12,15H2,2H3. The van der Waals surface area contributed by atoms with Crippen LogP contribution < -0.4 is 0 Å². The molecule has 0 radical (unpaired) electrons. The Balaban J connectivity index is 1.94. The minimum absolute atomic E-state index is 0.571. The molecule has 0 heteroatoms. The lowest BCUT2D eigenvalue weighted by Gasteiger charge is -2.32. The van der Waals surface area contributed by atoms with Crippen LogP contribution in [0.25, 0.3) is 6.08 Å². The Morgan fingerprint density at radius 1 is 1.00 bits per heavy atom.